The molecule has 1 aliphatic rings. The molecule has 1 heterocycles. The van der Waals surface area contributed by atoms with Crippen LogP contribution in [0, 0.1) is 11.8 Å². The van der Waals surface area contributed by atoms with Crippen molar-refractivity contribution in [2.75, 3.05) is 19.7 Å². The minimum atomic E-state index is 0.383. The van der Waals surface area contributed by atoms with Gasteiger partial charge in [-0.2, -0.15) is 0 Å². The van der Waals surface area contributed by atoms with Crippen LogP contribution < -0.4 is 0 Å². The molecule has 1 saturated heterocycles. The Labute approximate surface area is 120 Å². The highest BCUT2D eigenvalue weighted by atomic mass is 16.5. The second kappa shape index (κ2) is 7.64. The molecule has 0 amide bonds. The largest absolute Gasteiger partial charge is 0.378 e. The molecule has 2 nitrogen and oxygen atoms in total. The number of likely N-dealkylation sites (tertiary alicyclic amines) is 1. The van der Waals surface area contributed by atoms with Crippen LogP contribution in [0.3, 0.4) is 0 Å². The predicted molar refractivity (Wildman–Crippen MR) is 83.5 cm³/mol. The Hall–Kier alpha value is -0.0800. The molecule has 19 heavy (non-hydrogen) atoms. The number of piperidine rings is 1. The van der Waals surface area contributed by atoms with Crippen molar-refractivity contribution in [2.24, 2.45) is 11.8 Å². The molecule has 0 spiro atoms. The zero-order valence-electron chi connectivity index (χ0n) is 14.0. The van der Waals surface area contributed by atoms with Gasteiger partial charge in [0.15, 0.2) is 0 Å². The van der Waals surface area contributed by atoms with Crippen LogP contribution in [0.2, 0.25) is 0 Å². The van der Waals surface area contributed by atoms with E-state index in [9.17, 15) is 0 Å². The first kappa shape index (κ1) is 17.0. The Morgan fingerprint density at radius 1 is 1.16 bits per heavy atom. The van der Waals surface area contributed by atoms with Crippen LogP contribution in [0.5, 0.6) is 0 Å². The topological polar surface area (TPSA) is 12.5 Å². The molecule has 0 aliphatic carbocycles. The van der Waals surface area contributed by atoms with Gasteiger partial charge in [-0.1, -0.05) is 20.8 Å². The molecule has 0 radical (unpaired) electrons. The smallest absolute Gasteiger partial charge is 0.0569 e. The molecule has 1 fully saturated rings. The van der Waals surface area contributed by atoms with Gasteiger partial charge in [0.2, 0.25) is 0 Å². The van der Waals surface area contributed by atoms with Gasteiger partial charge in [0.25, 0.3) is 0 Å². The Morgan fingerprint density at radius 2 is 1.74 bits per heavy atom. The molecule has 1 rings (SSSR count). The van der Waals surface area contributed by atoms with Crippen LogP contribution in [0.4, 0.5) is 0 Å². The van der Waals surface area contributed by atoms with Gasteiger partial charge in [0, 0.05) is 12.1 Å². The fourth-order valence-corrected chi connectivity index (χ4v) is 2.66. The molecule has 0 N–H and O–H groups in total. The first-order valence-electron chi connectivity index (χ1n) is 8.23. The lowest BCUT2D eigenvalue weighted by molar-refractivity contribution is 0.0159. The summed E-state index contributed by atoms with van der Waals surface area (Å²) in [6.07, 6.45) is 5.59. The van der Waals surface area contributed by atoms with Crippen molar-refractivity contribution in [3.8, 4) is 0 Å². The Morgan fingerprint density at radius 3 is 2.21 bits per heavy atom. The van der Waals surface area contributed by atoms with Gasteiger partial charge < -0.3 is 4.74 Å². The van der Waals surface area contributed by atoms with Crippen LogP contribution >= 0.6 is 0 Å². The molecule has 0 bridgehead atoms. The van der Waals surface area contributed by atoms with Crippen LogP contribution in [0.25, 0.3) is 0 Å². The Bertz CT molecular complexity index is 242. The van der Waals surface area contributed by atoms with Crippen molar-refractivity contribution in [3.05, 3.63) is 0 Å². The van der Waals surface area contributed by atoms with Gasteiger partial charge in [-0.05, 0) is 71.4 Å². The van der Waals surface area contributed by atoms with Crippen LogP contribution in [-0.4, -0.2) is 36.2 Å². The number of nitrogens with zero attached hydrogens (tertiary/aromatic N) is 1. The molecule has 0 aromatic carbocycles. The highest BCUT2D eigenvalue weighted by molar-refractivity contribution is 4.84. The van der Waals surface area contributed by atoms with E-state index < -0.39 is 0 Å². The molecule has 1 aliphatic heterocycles. The zero-order valence-corrected chi connectivity index (χ0v) is 14.0. The van der Waals surface area contributed by atoms with E-state index in [1.807, 2.05) is 0 Å². The zero-order chi connectivity index (χ0) is 14.5. The van der Waals surface area contributed by atoms with Crippen molar-refractivity contribution < 1.29 is 4.74 Å². The van der Waals surface area contributed by atoms with Crippen molar-refractivity contribution in [1.82, 2.24) is 4.90 Å². The molecule has 2 heteroatoms. The van der Waals surface area contributed by atoms with E-state index in [-0.39, 0.29) is 0 Å². The molecule has 0 aromatic heterocycles. The molecular weight excluding hydrogens is 234 g/mol. The summed E-state index contributed by atoms with van der Waals surface area (Å²) in [6.45, 7) is 17.2. The van der Waals surface area contributed by atoms with Gasteiger partial charge in [-0.3, -0.25) is 4.90 Å². The van der Waals surface area contributed by atoms with Crippen molar-refractivity contribution in [2.45, 2.75) is 78.9 Å². The second-order valence-electron chi connectivity index (χ2n) is 7.21. The van der Waals surface area contributed by atoms with Crippen molar-refractivity contribution >= 4 is 0 Å². The van der Waals surface area contributed by atoms with E-state index in [1.54, 1.807) is 0 Å². The number of hydrogen-bond donors (Lipinski definition) is 0. The maximum atomic E-state index is 5.91. The lowest BCUT2D eigenvalue weighted by Crippen LogP contribution is -2.47. The SMILES string of the molecule is CCC(C)(C)N1CCC(CCOC(C)C(C)C)CC1. The third kappa shape index (κ3) is 5.43. The number of rotatable bonds is 7. The van der Waals surface area contributed by atoms with E-state index in [1.165, 1.54) is 38.8 Å². The lowest BCUT2D eigenvalue weighted by atomic mass is 9.89. The van der Waals surface area contributed by atoms with Crippen LogP contribution in [-0.2, 0) is 4.74 Å². The summed E-state index contributed by atoms with van der Waals surface area (Å²) in [5.41, 5.74) is 0.383. The fraction of sp³-hybridized carbons (Fsp3) is 1.00. The van der Waals surface area contributed by atoms with E-state index in [0.717, 1.165) is 12.5 Å². The van der Waals surface area contributed by atoms with E-state index in [4.69, 9.17) is 4.74 Å². The predicted octanol–water partition coefficient (Wildman–Crippen LogP) is 4.34. The maximum absolute atomic E-state index is 5.91. The van der Waals surface area contributed by atoms with Crippen molar-refractivity contribution in [1.29, 1.82) is 0 Å². The summed E-state index contributed by atoms with van der Waals surface area (Å²) in [5.74, 6) is 1.51. The minimum Gasteiger partial charge on any atom is -0.378 e. The lowest BCUT2D eigenvalue weighted by Gasteiger charge is -2.42. The van der Waals surface area contributed by atoms with E-state index in [2.05, 4.69) is 46.4 Å². The molecule has 1 unspecified atom stereocenters. The molecule has 114 valence electrons. The third-order valence-electron chi connectivity index (χ3n) is 5.18. The summed E-state index contributed by atoms with van der Waals surface area (Å²) in [5, 5.41) is 0. The van der Waals surface area contributed by atoms with E-state index >= 15 is 0 Å². The summed E-state index contributed by atoms with van der Waals surface area (Å²) in [7, 11) is 0. The molecule has 1 atom stereocenters. The molecular formula is C17H35NO. The fourth-order valence-electron chi connectivity index (χ4n) is 2.66. The van der Waals surface area contributed by atoms with Crippen LogP contribution in [0.15, 0.2) is 0 Å². The van der Waals surface area contributed by atoms with Gasteiger partial charge in [-0.25, -0.2) is 0 Å². The van der Waals surface area contributed by atoms with Gasteiger partial charge >= 0.3 is 0 Å². The maximum Gasteiger partial charge on any atom is 0.0569 e. The molecule has 0 saturated carbocycles. The standard InChI is InChI=1S/C17H35NO/c1-7-17(5,6)18-11-8-16(9-12-18)10-13-19-15(4)14(2)3/h14-16H,7-13H2,1-6H3. The van der Waals surface area contributed by atoms with Crippen LogP contribution in [0.1, 0.15) is 67.2 Å². The minimum absolute atomic E-state index is 0.383. The quantitative estimate of drug-likeness (QED) is 0.682. The van der Waals surface area contributed by atoms with Gasteiger partial charge in [0.05, 0.1) is 6.10 Å². The number of ether oxygens (including phenoxy) is 1. The highest BCUT2D eigenvalue weighted by Gasteiger charge is 2.28. The monoisotopic (exact) mass is 269 g/mol. The third-order valence-corrected chi connectivity index (χ3v) is 5.18. The summed E-state index contributed by atoms with van der Waals surface area (Å²) in [6, 6.07) is 0. The number of hydrogen-bond acceptors (Lipinski definition) is 2. The Balaban J connectivity index is 2.20. The Kier molecular flexibility index (Phi) is 6.82. The summed E-state index contributed by atoms with van der Waals surface area (Å²) in [4.78, 5) is 2.67. The first-order valence-corrected chi connectivity index (χ1v) is 8.23. The summed E-state index contributed by atoms with van der Waals surface area (Å²) >= 11 is 0. The second-order valence-corrected chi connectivity index (χ2v) is 7.21. The average Bonchev–Trinajstić information content (AvgIpc) is 2.39. The summed E-state index contributed by atoms with van der Waals surface area (Å²) < 4.78 is 5.91. The van der Waals surface area contributed by atoms with Crippen molar-refractivity contribution in [3.63, 3.8) is 0 Å². The average molecular weight is 269 g/mol. The normalized spacial score (nSPS) is 21.0. The van der Waals surface area contributed by atoms with E-state index in [0.29, 0.717) is 17.6 Å². The molecule has 0 aromatic rings. The first-order chi connectivity index (χ1) is 8.86. The highest BCUT2D eigenvalue weighted by Crippen LogP contribution is 2.27. The van der Waals surface area contributed by atoms with Gasteiger partial charge in [-0.15, -0.1) is 0 Å². The van der Waals surface area contributed by atoms with Gasteiger partial charge in [0.1, 0.15) is 0 Å².